The van der Waals surface area contributed by atoms with E-state index in [-0.39, 0.29) is 40.5 Å². The van der Waals surface area contributed by atoms with E-state index in [1.54, 1.807) is 0 Å². The Balaban J connectivity index is 2.06. The van der Waals surface area contributed by atoms with E-state index in [1.165, 1.54) is 10.8 Å². The Labute approximate surface area is 163 Å². The molecule has 1 aliphatic heterocycles. The zero-order chi connectivity index (χ0) is 20.6. The van der Waals surface area contributed by atoms with E-state index in [0.29, 0.717) is 0 Å². The smallest absolute Gasteiger partial charge is 0.262 e. The molecule has 1 saturated heterocycles. The van der Waals surface area contributed by atoms with Gasteiger partial charge in [0.1, 0.15) is 18.3 Å². The van der Waals surface area contributed by atoms with Gasteiger partial charge in [0.15, 0.2) is 11.9 Å². The molecular weight excluding hydrogens is 392 g/mol. The number of anilines is 1. The highest BCUT2D eigenvalue weighted by Crippen LogP contribution is 2.32. The van der Waals surface area contributed by atoms with Crippen LogP contribution in [-0.4, -0.2) is 72.2 Å². The van der Waals surface area contributed by atoms with Gasteiger partial charge in [0.05, 0.1) is 22.5 Å². The monoisotopic (exact) mass is 412 g/mol. The van der Waals surface area contributed by atoms with Crippen LogP contribution in [-0.2, 0) is 4.74 Å². The van der Waals surface area contributed by atoms with Gasteiger partial charge in [-0.1, -0.05) is 12.2 Å². The van der Waals surface area contributed by atoms with Crippen LogP contribution in [0.1, 0.15) is 23.0 Å². The minimum Gasteiger partial charge on any atom is -0.394 e. The number of H-pyrrole nitrogens is 1. The number of aliphatic hydroxyl groups excluding tert-OH is 3. The lowest BCUT2D eigenvalue weighted by Crippen LogP contribution is -2.33. The number of amides is 1. The van der Waals surface area contributed by atoms with Crippen molar-refractivity contribution >= 4 is 40.1 Å². The average Bonchev–Trinajstić information content (AvgIpc) is 3.13. The number of aliphatic hydroxyl groups is 3. The van der Waals surface area contributed by atoms with Crippen LogP contribution < -0.4 is 22.3 Å². The van der Waals surface area contributed by atoms with Crippen LogP contribution in [0.4, 0.5) is 5.95 Å². The third kappa shape index (κ3) is 3.57. The van der Waals surface area contributed by atoms with Crippen LogP contribution in [0.25, 0.3) is 11.0 Å². The van der Waals surface area contributed by atoms with E-state index in [9.17, 15) is 24.9 Å². The number of hydrogen-bond donors (Lipinski definition) is 7. The van der Waals surface area contributed by atoms with E-state index in [0.717, 1.165) is 0 Å². The molecule has 2 aromatic rings. The van der Waals surface area contributed by atoms with Gasteiger partial charge < -0.3 is 41.4 Å². The molecule has 152 valence electrons. The summed E-state index contributed by atoms with van der Waals surface area (Å²) in [5.74, 6) is -0.798. The molecule has 0 radical (unpaired) electrons. The second-order valence-corrected chi connectivity index (χ2v) is 6.83. The Morgan fingerprint density at radius 2 is 2.14 bits per heavy atom. The molecule has 2 aromatic heterocycles. The molecule has 4 atom stereocenters. The number of thiocarbonyl (C=S) groups is 1. The number of hydrogen-bond acceptors (Lipinski definition) is 9. The number of nitrogens with two attached hydrogens (primary N) is 2. The molecule has 0 aliphatic carbocycles. The van der Waals surface area contributed by atoms with Gasteiger partial charge >= 0.3 is 0 Å². The lowest BCUT2D eigenvalue weighted by atomic mass is 10.1. The van der Waals surface area contributed by atoms with Gasteiger partial charge in [-0.2, -0.15) is 4.98 Å². The van der Waals surface area contributed by atoms with Crippen molar-refractivity contribution in [2.45, 2.75) is 31.0 Å². The number of rotatable bonds is 6. The highest BCUT2D eigenvalue weighted by Gasteiger charge is 2.44. The number of aromatic amines is 1. The molecule has 0 bridgehead atoms. The molecule has 0 aromatic carbocycles. The lowest BCUT2D eigenvalue weighted by Gasteiger charge is -2.17. The van der Waals surface area contributed by atoms with Gasteiger partial charge in [-0.05, 0) is 0 Å². The summed E-state index contributed by atoms with van der Waals surface area (Å²) >= 11 is 4.75. The Bertz CT molecular complexity index is 974. The number of fused-ring (bicyclic) bond motifs is 1. The van der Waals surface area contributed by atoms with Gasteiger partial charge in [0.2, 0.25) is 5.95 Å². The molecular formula is C15H20N6O6S. The number of carbonyl (C=O) groups is 1. The summed E-state index contributed by atoms with van der Waals surface area (Å²) in [6.45, 7) is -0.370. The minimum atomic E-state index is -1.43. The normalized spacial score (nSPS) is 24.5. The first-order chi connectivity index (χ1) is 13.2. The first-order valence-corrected chi connectivity index (χ1v) is 8.74. The summed E-state index contributed by atoms with van der Waals surface area (Å²) in [6.07, 6.45) is -3.49. The molecule has 1 amide bonds. The van der Waals surface area contributed by atoms with Crippen LogP contribution >= 0.6 is 12.2 Å². The van der Waals surface area contributed by atoms with Gasteiger partial charge in [0, 0.05) is 19.2 Å². The predicted molar refractivity (Wildman–Crippen MR) is 102 cm³/mol. The van der Waals surface area contributed by atoms with E-state index in [4.69, 9.17) is 28.4 Å². The number of aromatic nitrogens is 3. The van der Waals surface area contributed by atoms with Crippen molar-refractivity contribution in [1.29, 1.82) is 0 Å². The van der Waals surface area contributed by atoms with Gasteiger partial charge in [-0.3, -0.25) is 14.6 Å². The lowest BCUT2D eigenvalue weighted by molar-refractivity contribution is -0.0508. The maximum atomic E-state index is 12.6. The number of nitrogen functional groups attached to an aromatic ring is 1. The summed E-state index contributed by atoms with van der Waals surface area (Å²) in [7, 11) is 0. The molecule has 3 rings (SSSR count). The van der Waals surface area contributed by atoms with Crippen LogP contribution in [0.5, 0.6) is 0 Å². The molecule has 0 spiro atoms. The van der Waals surface area contributed by atoms with Crippen LogP contribution in [0.2, 0.25) is 0 Å². The fraction of sp³-hybridized carbons (Fsp3) is 0.467. The summed E-state index contributed by atoms with van der Waals surface area (Å²) < 4.78 is 6.70. The van der Waals surface area contributed by atoms with Crippen molar-refractivity contribution in [3.8, 4) is 0 Å². The van der Waals surface area contributed by atoms with E-state index < -0.39 is 42.6 Å². The van der Waals surface area contributed by atoms with E-state index in [1.807, 2.05) is 0 Å². The standard InChI is InChI=1S/C15H20N6O6S/c16-7(28)1-2-18-12(25)5-3-21(11-8(5)13(26)20-15(17)19-11)14-10(24)9(23)6(4-22)27-14/h3,6,9-10,14,22-24H,1-2,4H2,(H2,16,28)(H,18,25)(H3,17,19,20,26)/t6-,9-,10-,14?/m1/s1. The second-order valence-electron chi connectivity index (χ2n) is 6.30. The first-order valence-electron chi connectivity index (χ1n) is 8.34. The second kappa shape index (κ2) is 7.81. The Morgan fingerprint density at radius 3 is 2.75 bits per heavy atom. The molecule has 1 unspecified atom stereocenters. The fourth-order valence-electron chi connectivity index (χ4n) is 3.04. The summed E-state index contributed by atoms with van der Waals surface area (Å²) in [5, 5.41) is 32.1. The molecule has 0 saturated carbocycles. The Hall–Kier alpha value is -2.58. The topological polar surface area (TPSA) is 202 Å². The number of ether oxygens (including phenoxy) is 1. The van der Waals surface area contributed by atoms with Crippen molar-refractivity contribution < 1.29 is 24.9 Å². The molecule has 1 fully saturated rings. The third-order valence-corrected chi connectivity index (χ3v) is 4.60. The largest absolute Gasteiger partial charge is 0.394 e. The summed E-state index contributed by atoms with van der Waals surface area (Å²) in [5.41, 5.74) is 10.3. The molecule has 13 heteroatoms. The highest BCUT2D eigenvalue weighted by molar-refractivity contribution is 7.80. The molecule has 12 nitrogen and oxygen atoms in total. The summed E-state index contributed by atoms with van der Waals surface area (Å²) in [6, 6.07) is 0. The Morgan fingerprint density at radius 1 is 1.43 bits per heavy atom. The third-order valence-electron chi connectivity index (χ3n) is 4.39. The molecule has 1 aliphatic rings. The van der Waals surface area contributed by atoms with Gasteiger partial charge in [0.25, 0.3) is 11.5 Å². The number of nitrogens with zero attached hydrogens (tertiary/aromatic N) is 2. The van der Waals surface area contributed by atoms with E-state index >= 15 is 0 Å². The van der Waals surface area contributed by atoms with Crippen LogP contribution in [0.15, 0.2) is 11.0 Å². The average molecular weight is 412 g/mol. The SMILES string of the molecule is NC(=S)CCNC(=O)c1cn(C2O[C@H](CO)[C@@H](O)[C@H]2O)c2nc(N)[nH]c(=O)c12. The highest BCUT2D eigenvalue weighted by atomic mass is 32.1. The quantitative estimate of drug-likeness (QED) is 0.245. The molecule has 9 N–H and O–H groups in total. The zero-order valence-corrected chi connectivity index (χ0v) is 15.3. The number of nitrogens with one attached hydrogen (secondary N) is 2. The minimum absolute atomic E-state index is 0.0180. The maximum Gasteiger partial charge on any atom is 0.262 e. The molecule has 3 heterocycles. The van der Waals surface area contributed by atoms with Gasteiger partial charge in [-0.25, -0.2) is 0 Å². The number of carbonyl (C=O) groups excluding carboxylic acids is 1. The van der Waals surface area contributed by atoms with Gasteiger partial charge in [-0.15, -0.1) is 0 Å². The molecule has 28 heavy (non-hydrogen) atoms. The zero-order valence-electron chi connectivity index (χ0n) is 14.5. The van der Waals surface area contributed by atoms with Crippen molar-refractivity contribution in [3.05, 3.63) is 22.1 Å². The van der Waals surface area contributed by atoms with Crippen molar-refractivity contribution in [3.63, 3.8) is 0 Å². The predicted octanol–water partition coefficient (Wildman–Crippen LogP) is -2.68. The van der Waals surface area contributed by atoms with E-state index in [2.05, 4.69) is 15.3 Å². The van der Waals surface area contributed by atoms with Crippen LogP contribution in [0.3, 0.4) is 0 Å². The van der Waals surface area contributed by atoms with Crippen molar-refractivity contribution in [2.75, 3.05) is 18.9 Å². The fourth-order valence-corrected chi connectivity index (χ4v) is 3.15. The Kier molecular flexibility index (Phi) is 5.62. The summed E-state index contributed by atoms with van der Waals surface area (Å²) in [4.78, 5) is 31.5. The first kappa shape index (κ1) is 20.2. The van der Waals surface area contributed by atoms with Crippen molar-refractivity contribution in [1.82, 2.24) is 19.9 Å². The van der Waals surface area contributed by atoms with Crippen LogP contribution in [0, 0.1) is 0 Å². The van der Waals surface area contributed by atoms with Crippen molar-refractivity contribution in [2.24, 2.45) is 5.73 Å². The maximum absolute atomic E-state index is 12.6.